The molecule has 1 fully saturated rings. The SMILES string of the molecule is C=CCN=C1NC(=O)[C@@H](CC(=O)Nc2ccc3ccccc3c2)S1. The number of nitrogens with zero attached hydrogens (tertiary/aromatic N) is 1. The smallest absolute Gasteiger partial charge is 0.240 e. The summed E-state index contributed by atoms with van der Waals surface area (Å²) in [5.41, 5.74) is 0.725. The molecule has 0 spiro atoms. The molecule has 1 saturated heterocycles. The van der Waals surface area contributed by atoms with Gasteiger partial charge in [-0.2, -0.15) is 0 Å². The van der Waals surface area contributed by atoms with Crippen molar-refractivity contribution in [3.8, 4) is 0 Å². The molecule has 1 heterocycles. The number of amidine groups is 1. The lowest BCUT2D eigenvalue weighted by molar-refractivity contribution is -0.122. The fourth-order valence-electron chi connectivity index (χ4n) is 2.41. The van der Waals surface area contributed by atoms with Crippen molar-refractivity contribution in [2.75, 3.05) is 11.9 Å². The Kier molecular flexibility index (Phi) is 4.96. The van der Waals surface area contributed by atoms with E-state index in [0.29, 0.717) is 11.7 Å². The van der Waals surface area contributed by atoms with Gasteiger partial charge in [-0.1, -0.05) is 48.2 Å². The summed E-state index contributed by atoms with van der Waals surface area (Å²) in [6.45, 7) is 4.03. The minimum absolute atomic E-state index is 0.108. The van der Waals surface area contributed by atoms with Gasteiger partial charge >= 0.3 is 0 Å². The monoisotopic (exact) mass is 339 g/mol. The number of hydrogen-bond acceptors (Lipinski definition) is 4. The Morgan fingerprint density at radius 1 is 1.29 bits per heavy atom. The summed E-state index contributed by atoms with van der Waals surface area (Å²) in [6.07, 6.45) is 1.76. The van der Waals surface area contributed by atoms with Crippen LogP contribution in [0.3, 0.4) is 0 Å². The van der Waals surface area contributed by atoms with Crippen LogP contribution in [0.4, 0.5) is 5.69 Å². The fourth-order valence-corrected chi connectivity index (χ4v) is 3.39. The predicted octanol–water partition coefficient (Wildman–Crippen LogP) is 2.94. The van der Waals surface area contributed by atoms with Gasteiger partial charge in [-0.3, -0.25) is 14.6 Å². The summed E-state index contributed by atoms with van der Waals surface area (Å²) in [4.78, 5) is 28.3. The molecule has 1 atom stereocenters. The van der Waals surface area contributed by atoms with Gasteiger partial charge in [0.2, 0.25) is 11.8 Å². The third-order valence-corrected chi connectivity index (χ3v) is 4.66. The number of benzene rings is 2. The highest BCUT2D eigenvalue weighted by Crippen LogP contribution is 2.24. The lowest BCUT2D eigenvalue weighted by Crippen LogP contribution is -2.28. The van der Waals surface area contributed by atoms with Gasteiger partial charge in [-0.25, -0.2) is 0 Å². The van der Waals surface area contributed by atoms with Crippen LogP contribution in [0, 0.1) is 0 Å². The lowest BCUT2D eigenvalue weighted by atomic mass is 10.1. The Labute approximate surface area is 144 Å². The second kappa shape index (κ2) is 7.31. The van der Waals surface area contributed by atoms with Crippen LogP contribution in [0.5, 0.6) is 0 Å². The first-order valence-corrected chi connectivity index (χ1v) is 8.45. The first-order valence-electron chi connectivity index (χ1n) is 7.57. The largest absolute Gasteiger partial charge is 0.326 e. The molecular formula is C18H17N3O2S. The molecule has 1 aliphatic rings. The van der Waals surface area contributed by atoms with E-state index in [9.17, 15) is 9.59 Å². The summed E-state index contributed by atoms with van der Waals surface area (Å²) in [7, 11) is 0. The second-order valence-electron chi connectivity index (χ2n) is 5.34. The molecule has 2 amide bonds. The van der Waals surface area contributed by atoms with E-state index in [2.05, 4.69) is 22.2 Å². The van der Waals surface area contributed by atoms with Crippen LogP contribution in [-0.2, 0) is 9.59 Å². The number of aliphatic imine (C=N–C) groups is 1. The van der Waals surface area contributed by atoms with E-state index >= 15 is 0 Å². The van der Waals surface area contributed by atoms with Crippen LogP contribution in [-0.4, -0.2) is 28.8 Å². The summed E-state index contributed by atoms with van der Waals surface area (Å²) < 4.78 is 0. The first kappa shape index (κ1) is 16.3. The molecule has 1 aliphatic heterocycles. The molecule has 0 aromatic heterocycles. The van der Waals surface area contributed by atoms with E-state index < -0.39 is 5.25 Å². The zero-order chi connectivity index (χ0) is 16.9. The number of amides is 2. The Bertz CT molecular complexity index is 832. The number of rotatable bonds is 5. The topological polar surface area (TPSA) is 70.6 Å². The number of carbonyl (C=O) groups is 2. The molecule has 122 valence electrons. The molecule has 2 N–H and O–H groups in total. The molecule has 2 aromatic rings. The van der Waals surface area contributed by atoms with Crippen molar-refractivity contribution in [1.82, 2.24) is 5.32 Å². The highest BCUT2D eigenvalue weighted by molar-refractivity contribution is 8.15. The average Bonchev–Trinajstić information content (AvgIpc) is 2.92. The van der Waals surface area contributed by atoms with E-state index in [4.69, 9.17) is 0 Å². The van der Waals surface area contributed by atoms with E-state index in [1.54, 1.807) is 6.08 Å². The molecule has 0 aliphatic carbocycles. The van der Waals surface area contributed by atoms with Gasteiger partial charge in [0, 0.05) is 12.1 Å². The van der Waals surface area contributed by atoms with Crippen LogP contribution in [0.25, 0.3) is 10.8 Å². The van der Waals surface area contributed by atoms with Gasteiger partial charge in [-0.15, -0.1) is 6.58 Å². The van der Waals surface area contributed by atoms with Crippen molar-refractivity contribution in [3.63, 3.8) is 0 Å². The van der Waals surface area contributed by atoms with Crippen molar-refractivity contribution in [2.45, 2.75) is 11.7 Å². The van der Waals surface area contributed by atoms with Crippen molar-refractivity contribution < 1.29 is 9.59 Å². The van der Waals surface area contributed by atoms with Crippen LogP contribution in [0.2, 0.25) is 0 Å². The summed E-state index contributed by atoms with van der Waals surface area (Å²) in [6, 6.07) is 13.7. The predicted molar refractivity (Wildman–Crippen MR) is 99.2 cm³/mol. The minimum Gasteiger partial charge on any atom is -0.326 e. The number of carbonyl (C=O) groups excluding carboxylic acids is 2. The Morgan fingerprint density at radius 2 is 2.08 bits per heavy atom. The number of hydrogen-bond donors (Lipinski definition) is 2. The van der Waals surface area contributed by atoms with Crippen molar-refractivity contribution >= 4 is 45.2 Å². The third-order valence-electron chi connectivity index (χ3n) is 3.54. The van der Waals surface area contributed by atoms with Crippen molar-refractivity contribution in [3.05, 3.63) is 55.1 Å². The van der Waals surface area contributed by atoms with Crippen LogP contribution >= 0.6 is 11.8 Å². The molecule has 0 saturated carbocycles. The second-order valence-corrected chi connectivity index (χ2v) is 6.54. The van der Waals surface area contributed by atoms with Gasteiger partial charge in [0.05, 0.1) is 6.54 Å². The molecule has 0 bridgehead atoms. The Morgan fingerprint density at radius 3 is 2.88 bits per heavy atom. The summed E-state index contributed by atoms with van der Waals surface area (Å²) in [5, 5.41) is 7.80. The minimum atomic E-state index is -0.450. The third kappa shape index (κ3) is 3.83. The van der Waals surface area contributed by atoms with Gasteiger partial charge in [0.25, 0.3) is 0 Å². The van der Waals surface area contributed by atoms with E-state index in [1.807, 2.05) is 42.5 Å². The van der Waals surface area contributed by atoms with Crippen LogP contribution in [0.15, 0.2) is 60.1 Å². The van der Waals surface area contributed by atoms with Gasteiger partial charge in [0.15, 0.2) is 5.17 Å². The normalized spacial score (nSPS) is 18.6. The van der Waals surface area contributed by atoms with Crippen molar-refractivity contribution in [1.29, 1.82) is 0 Å². The molecule has 0 radical (unpaired) electrons. The van der Waals surface area contributed by atoms with Gasteiger partial charge < -0.3 is 10.6 Å². The molecule has 0 unspecified atom stereocenters. The average molecular weight is 339 g/mol. The molecule has 2 aromatic carbocycles. The van der Waals surface area contributed by atoms with Crippen molar-refractivity contribution in [2.24, 2.45) is 4.99 Å². The van der Waals surface area contributed by atoms with Crippen LogP contribution < -0.4 is 10.6 Å². The maximum Gasteiger partial charge on any atom is 0.240 e. The molecular weight excluding hydrogens is 322 g/mol. The Balaban J connectivity index is 1.62. The molecule has 5 nitrogen and oxygen atoms in total. The first-order chi connectivity index (χ1) is 11.7. The zero-order valence-corrected chi connectivity index (χ0v) is 13.8. The maximum absolute atomic E-state index is 12.2. The molecule has 24 heavy (non-hydrogen) atoms. The van der Waals surface area contributed by atoms with Gasteiger partial charge in [-0.05, 0) is 22.9 Å². The zero-order valence-electron chi connectivity index (χ0n) is 13.0. The summed E-state index contributed by atoms with van der Waals surface area (Å²) >= 11 is 1.28. The quantitative estimate of drug-likeness (QED) is 0.823. The Hall–Kier alpha value is -2.60. The lowest BCUT2D eigenvalue weighted by Gasteiger charge is -2.08. The maximum atomic E-state index is 12.2. The van der Waals surface area contributed by atoms with E-state index in [1.165, 1.54) is 11.8 Å². The fraction of sp³-hybridized carbons (Fsp3) is 0.167. The van der Waals surface area contributed by atoms with E-state index in [0.717, 1.165) is 16.5 Å². The number of anilines is 1. The van der Waals surface area contributed by atoms with Crippen LogP contribution in [0.1, 0.15) is 6.42 Å². The molecule has 6 heteroatoms. The number of thioether (sulfide) groups is 1. The van der Waals surface area contributed by atoms with Gasteiger partial charge in [0.1, 0.15) is 5.25 Å². The molecule has 3 rings (SSSR count). The standard InChI is InChI=1S/C18H17N3O2S/c1-2-9-19-18-21-17(23)15(24-18)11-16(22)20-14-8-7-12-5-3-4-6-13(12)10-14/h2-8,10,15H,1,9,11H2,(H,20,22)(H,19,21,23)/t15-/m1/s1. The number of fused-ring (bicyclic) bond motifs is 1. The van der Waals surface area contributed by atoms with E-state index in [-0.39, 0.29) is 18.2 Å². The highest BCUT2D eigenvalue weighted by atomic mass is 32.2. The summed E-state index contributed by atoms with van der Waals surface area (Å²) in [5.74, 6) is -0.376. The number of nitrogens with one attached hydrogen (secondary N) is 2. The highest BCUT2D eigenvalue weighted by Gasteiger charge is 2.31.